The molecule has 0 N–H and O–H groups in total. The number of ether oxygens (including phenoxy) is 2. The average Bonchev–Trinajstić information content (AvgIpc) is 3.44. The predicted octanol–water partition coefficient (Wildman–Crippen LogP) is 19.5. The lowest BCUT2D eigenvalue weighted by Crippen LogP contribution is -2.29. The lowest BCUT2D eigenvalue weighted by molar-refractivity contribution is 0.235. The maximum atomic E-state index is 6.77. The van der Waals surface area contributed by atoms with Crippen LogP contribution in [0.3, 0.4) is 0 Å². The summed E-state index contributed by atoms with van der Waals surface area (Å²) in [4.78, 5) is 0. The highest BCUT2D eigenvalue weighted by Crippen LogP contribution is 2.49. The molecular formula is C71H66O2. The van der Waals surface area contributed by atoms with Gasteiger partial charge in [-0.25, -0.2) is 0 Å². The van der Waals surface area contributed by atoms with Crippen LogP contribution < -0.4 is 14.7 Å². The van der Waals surface area contributed by atoms with Crippen molar-refractivity contribution in [3.8, 4) is 33.8 Å². The van der Waals surface area contributed by atoms with Gasteiger partial charge in [0.1, 0.15) is 11.5 Å². The van der Waals surface area contributed by atoms with Crippen LogP contribution >= 0.6 is 0 Å². The van der Waals surface area contributed by atoms with E-state index in [0.29, 0.717) is 11.8 Å². The summed E-state index contributed by atoms with van der Waals surface area (Å²) in [5.41, 5.74) is 7.45. The second kappa shape index (κ2) is 18.4. The molecule has 362 valence electrons. The molecule has 3 atom stereocenters. The molecule has 0 saturated heterocycles. The van der Waals surface area contributed by atoms with Crippen LogP contribution in [0.15, 0.2) is 158 Å². The van der Waals surface area contributed by atoms with Gasteiger partial charge < -0.3 is 9.47 Å². The first-order valence-corrected chi connectivity index (χ1v) is 27.6. The summed E-state index contributed by atoms with van der Waals surface area (Å²) in [7, 11) is 0. The predicted molar refractivity (Wildman–Crippen MR) is 315 cm³/mol. The smallest absolute Gasteiger partial charge is 0.127 e. The van der Waals surface area contributed by atoms with E-state index in [0.717, 1.165) is 44.0 Å². The monoisotopic (exact) mass is 951 g/mol. The number of rotatable bonds is 17. The van der Waals surface area contributed by atoms with Crippen molar-refractivity contribution < 1.29 is 9.47 Å². The normalized spacial score (nSPS) is 15.7. The Morgan fingerprint density at radius 3 is 1.38 bits per heavy atom. The van der Waals surface area contributed by atoms with Crippen LogP contribution in [0.2, 0.25) is 0 Å². The molecule has 0 aliphatic heterocycles. The minimum absolute atomic E-state index is 0.289. The third-order valence-corrected chi connectivity index (χ3v) is 17.6. The molecule has 2 heteroatoms. The summed E-state index contributed by atoms with van der Waals surface area (Å²) in [5.74, 6) is 3.11. The van der Waals surface area contributed by atoms with E-state index in [1.54, 1.807) is 0 Å². The Morgan fingerprint density at radius 1 is 0.438 bits per heavy atom. The lowest BCUT2D eigenvalue weighted by atomic mass is 9.68. The zero-order chi connectivity index (χ0) is 49.4. The maximum absolute atomic E-state index is 6.77. The molecule has 0 spiro atoms. The molecule has 0 fully saturated rings. The van der Waals surface area contributed by atoms with E-state index in [-0.39, 0.29) is 5.41 Å². The van der Waals surface area contributed by atoms with Crippen LogP contribution in [0, 0.1) is 11.8 Å². The summed E-state index contributed by atoms with van der Waals surface area (Å²) in [5, 5.41) is 21.9. The molecule has 0 heterocycles. The topological polar surface area (TPSA) is 18.5 Å². The lowest BCUT2D eigenvalue weighted by Gasteiger charge is -2.35. The zero-order valence-corrected chi connectivity index (χ0v) is 43.3. The number of hydrogen-bond acceptors (Lipinski definition) is 2. The molecule has 13 rings (SSSR count). The molecule has 2 nitrogen and oxygen atoms in total. The first-order chi connectivity index (χ1) is 35.9. The molecule has 0 bridgehead atoms. The minimum Gasteiger partial charge on any atom is -0.493 e. The fourth-order valence-electron chi connectivity index (χ4n) is 13.2. The van der Waals surface area contributed by atoms with Crippen LogP contribution in [0.25, 0.3) is 115 Å². The van der Waals surface area contributed by atoms with E-state index < -0.39 is 0 Å². The van der Waals surface area contributed by atoms with E-state index >= 15 is 0 Å². The van der Waals surface area contributed by atoms with Crippen molar-refractivity contribution in [1.82, 2.24) is 0 Å². The summed E-state index contributed by atoms with van der Waals surface area (Å²) in [6.45, 7) is 13.2. The molecule has 0 amide bonds. The van der Waals surface area contributed by atoms with Gasteiger partial charge in [-0.05, 0) is 165 Å². The van der Waals surface area contributed by atoms with Gasteiger partial charge in [-0.3, -0.25) is 0 Å². The molecule has 73 heavy (non-hydrogen) atoms. The van der Waals surface area contributed by atoms with Gasteiger partial charge in [0.2, 0.25) is 0 Å². The Bertz CT molecular complexity index is 3900. The standard InChI is InChI=1S/C71H66O2/c1-6-10-13-44(8-3)42-72-63-35-26-50-21-30-58-56(28-19-48-23-32-60(63)68(50)66(48)58)53-39-54(41-55(40-53)71(5)38-37-52-18-17-46-15-12-16-47-25-34-62(71)70(52)65(46)47)57-29-20-49-24-33-61-64(73-43-45(9-4)14-11-7-2)36-27-51-22-31-59(57)67(49)69(51)61/h12,15-37,39-41,44-45H,6-11,13-14,38,42-43H2,1-5H3. The minimum atomic E-state index is -0.289. The highest BCUT2D eigenvalue weighted by molar-refractivity contribution is 6.28. The van der Waals surface area contributed by atoms with E-state index in [1.165, 1.54) is 163 Å². The van der Waals surface area contributed by atoms with Gasteiger partial charge in [-0.2, -0.15) is 0 Å². The van der Waals surface area contributed by atoms with Crippen molar-refractivity contribution in [2.75, 3.05) is 13.2 Å². The quantitative estimate of drug-likeness (QED) is 0.0847. The van der Waals surface area contributed by atoms with Crippen LogP contribution in [0.5, 0.6) is 11.5 Å². The van der Waals surface area contributed by atoms with E-state index in [2.05, 4.69) is 198 Å². The molecule has 3 unspecified atom stereocenters. The number of benzene rings is 12. The third kappa shape index (κ3) is 7.49. The highest BCUT2D eigenvalue weighted by atomic mass is 16.5. The summed E-state index contributed by atoms with van der Waals surface area (Å²) in [6, 6.07) is 60.9. The molecule has 1 aliphatic rings. The maximum Gasteiger partial charge on any atom is 0.127 e. The highest BCUT2D eigenvalue weighted by Gasteiger charge is 2.34. The molecule has 0 radical (unpaired) electrons. The van der Waals surface area contributed by atoms with Gasteiger partial charge in [0.05, 0.1) is 13.2 Å². The van der Waals surface area contributed by atoms with Crippen molar-refractivity contribution in [1.29, 1.82) is 0 Å². The SMILES string of the molecule is CCCCC(CC)COc1ccc2ccc3c(-c4cc(-c5ccc6ccc7c(OCC(CC)CCCC)ccc8ccc5c6c87)cc(C5(C)CC=c6ccc7cccc8ccc5c6c87)c4)ccc4ccc1c2c43. The van der Waals surface area contributed by atoms with Crippen molar-refractivity contribution in [3.63, 3.8) is 0 Å². The van der Waals surface area contributed by atoms with E-state index in [4.69, 9.17) is 9.47 Å². The van der Waals surface area contributed by atoms with Gasteiger partial charge >= 0.3 is 0 Å². The fraction of sp³-hybridized carbons (Fsp3) is 0.268. The van der Waals surface area contributed by atoms with E-state index in [1.807, 2.05) is 0 Å². The van der Waals surface area contributed by atoms with Crippen LogP contribution in [0.4, 0.5) is 0 Å². The zero-order valence-electron chi connectivity index (χ0n) is 43.3. The van der Waals surface area contributed by atoms with Gasteiger partial charge in [-0.1, -0.05) is 207 Å². The fourth-order valence-corrected chi connectivity index (χ4v) is 13.2. The third-order valence-electron chi connectivity index (χ3n) is 17.6. The molecule has 12 aromatic rings. The van der Waals surface area contributed by atoms with Crippen molar-refractivity contribution >= 4 is 92.3 Å². The summed E-state index contributed by atoms with van der Waals surface area (Å²) < 4.78 is 13.5. The van der Waals surface area contributed by atoms with Crippen LogP contribution in [-0.2, 0) is 5.41 Å². The van der Waals surface area contributed by atoms with E-state index in [9.17, 15) is 0 Å². The Kier molecular flexibility index (Phi) is 11.5. The van der Waals surface area contributed by atoms with Gasteiger partial charge in [-0.15, -0.1) is 0 Å². The second-order valence-corrected chi connectivity index (χ2v) is 21.9. The number of hydrogen-bond donors (Lipinski definition) is 0. The molecule has 0 saturated carbocycles. The van der Waals surface area contributed by atoms with Crippen molar-refractivity contribution in [2.24, 2.45) is 11.8 Å². The number of unbranched alkanes of at least 4 members (excludes halogenated alkanes) is 2. The Labute approximate surface area is 430 Å². The van der Waals surface area contributed by atoms with Crippen LogP contribution in [-0.4, -0.2) is 13.2 Å². The molecular weight excluding hydrogens is 885 g/mol. The first-order valence-electron chi connectivity index (χ1n) is 27.6. The first kappa shape index (κ1) is 45.7. The average molecular weight is 951 g/mol. The Hall–Kier alpha value is -7.16. The largest absolute Gasteiger partial charge is 0.493 e. The van der Waals surface area contributed by atoms with Crippen molar-refractivity contribution in [2.45, 2.75) is 97.8 Å². The Morgan fingerprint density at radius 2 is 0.877 bits per heavy atom. The van der Waals surface area contributed by atoms with Crippen LogP contribution in [0.1, 0.15) is 104 Å². The summed E-state index contributed by atoms with van der Waals surface area (Å²) >= 11 is 0. The van der Waals surface area contributed by atoms with Gasteiger partial charge in [0, 0.05) is 27.0 Å². The molecule has 1 aliphatic carbocycles. The molecule has 12 aromatic carbocycles. The Balaban J connectivity index is 1.01. The second-order valence-electron chi connectivity index (χ2n) is 21.9. The van der Waals surface area contributed by atoms with Gasteiger partial charge in [0.25, 0.3) is 0 Å². The summed E-state index contributed by atoms with van der Waals surface area (Å²) in [6.07, 6.45) is 13.0. The van der Waals surface area contributed by atoms with Gasteiger partial charge in [0.15, 0.2) is 0 Å². The molecule has 0 aromatic heterocycles. The van der Waals surface area contributed by atoms with Crippen molar-refractivity contribution in [3.05, 3.63) is 174 Å².